The lowest BCUT2D eigenvalue weighted by molar-refractivity contribution is -0.143. The molecule has 24 heavy (non-hydrogen) atoms. The van der Waals surface area contributed by atoms with E-state index >= 15 is 0 Å². The van der Waals surface area contributed by atoms with Gasteiger partial charge >= 0.3 is 5.97 Å². The third kappa shape index (κ3) is 2.91. The first kappa shape index (κ1) is 16.6. The SMILES string of the molecule is CC1=C(C(=O)OC(C)C)NNc2c(-c3ccc(Br)cc3)c(C)nn21. The second-order valence-electron chi connectivity index (χ2n) is 5.89. The lowest BCUT2D eigenvalue weighted by Crippen LogP contribution is -2.35. The Morgan fingerprint density at radius 2 is 1.88 bits per heavy atom. The molecule has 1 aliphatic heterocycles. The number of nitrogens with one attached hydrogen (secondary N) is 2. The third-order valence-electron chi connectivity index (χ3n) is 3.73. The van der Waals surface area contributed by atoms with Gasteiger partial charge in [-0.3, -0.25) is 10.9 Å². The molecule has 2 N–H and O–H groups in total. The van der Waals surface area contributed by atoms with Gasteiger partial charge in [-0.1, -0.05) is 28.1 Å². The standard InChI is InChI=1S/C17H19BrN4O2/c1-9(2)24-17(23)15-11(4)22-16(20-19-15)14(10(3)21-22)12-5-7-13(18)8-6-12/h5-9,19-20H,1-4H3. The van der Waals surface area contributed by atoms with Gasteiger partial charge in [0.2, 0.25) is 0 Å². The molecule has 1 aromatic carbocycles. The van der Waals surface area contributed by atoms with Crippen molar-refractivity contribution in [1.82, 2.24) is 15.2 Å². The van der Waals surface area contributed by atoms with Crippen LogP contribution in [-0.4, -0.2) is 21.9 Å². The van der Waals surface area contributed by atoms with Gasteiger partial charge in [-0.05, 0) is 45.4 Å². The average Bonchev–Trinajstić information content (AvgIpc) is 2.85. The molecule has 3 rings (SSSR count). The molecule has 0 atom stereocenters. The fourth-order valence-electron chi connectivity index (χ4n) is 2.64. The van der Waals surface area contributed by atoms with Crippen molar-refractivity contribution in [3.63, 3.8) is 0 Å². The van der Waals surface area contributed by atoms with E-state index in [-0.39, 0.29) is 6.10 Å². The van der Waals surface area contributed by atoms with Crippen molar-refractivity contribution in [3.8, 4) is 11.1 Å². The van der Waals surface area contributed by atoms with E-state index in [1.165, 1.54) is 0 Å². The highest BCUT2D eigenvalue weighted by atomic mass is 79.9. The van der Waals surface area contributed by atoms with Crippen LogP contribution in [-0.2, 0) is 9.53 Å². The van der Waals surface area contributed by atoms with Crippen molar-refractivity contribution < 1.29 is 9.53 Å². The maximum absolute atomic E-state index is 12.2. The predicted molar refractivity (Wildman–Crippen MR) is 97.0 cm³/mol. The van der Waals surface area contributed by atoms with Crippen LogP contribution in [0.2, 0.25) is 0 Å². The van der Waals surface area contributed by atoms with Gasteiger partial charge in [0.25, 0.3) is 0 Å². The number of aromatic nitrogens is 2. The fraction of sp³-hybridized carbons (Fsp3) is 0.294. The molecular weight excluding hydrogens is 372 g/mol. The van der Waals surface area contributed by atoms with Crippen LogP contribution in [0.3, 0.4) is 0 Å². The first-order valence-corrected chi connectivity index (χ1v) is 8.47. The van der Waals surface area contributed by atoms with E-state index in [2.05, 4.69) is 31.9 Å². The minimum Gasteiger partial charge on any atom is -0.458 e. The molecule has 2 aromatic rings. The van der Waals surface area contributed by atoms with Crippen LogP contribution in [0.25, 0.3) is 16.8 Å². The van der Waals surface area contributed by atoms with Gasteiger partial charge in [-0.2, -0.15) is 5.10 Å². The normalized spacial score (nSPS) is 13.4. The number of carbonyl (C=O) groups is 1. The second kappa shape index (κ2) is 6.32. The molecule has 0 spiro atoms. The molecule has 6 nitrogen and oxygen atoms in total. The van der Waals surface area contributed by atoms with E-state index in [0.717, 1.165) is 27.1 Å². The lowest BCUT2D eigenvalue weighted by Gasteiger charge is -2.23. The number of ether oxygens (including phenoxy) is 1. The molecule has 0 fully saturated rings. The van der Waals surface area contributed by atoms with Crippen molar-refractivity contribution in [3.05, 3.63) is 40.1 Å². The zero-order valence-corrected chi connectivity index (χ0v) is 15.6. The maximum Gasteiger partial charge on any atom is 0.358 e. The molecular formula is C17H19BrN4O2. The minimum atomic E-state index is -0.404. The van der Waals surface area contributed by atoms with Crippen LogP contribution >= 0.6 is 15.9 Å². The van der Waals surface area contributed by atoms with E-state index in [4.69, 9.17) is 4.74 Å². The van der Waals surface area contributed by atoms with Gasteiger partial charge in [0.1, 0.15) is 0 Å². The topological polar surface area (TPSA) is 68.2 Å². The Morgan fingerprint density at radius 1 is 1.21 bits per heavy atom. The average molecular weight is 391 g/mol. The summed E-state index contributed by atoms with van der Waals surface area (Å²) >= 11 is 3.45. The molecule has 0 bridgehead atoms. The van der Waals surface area contributed by atoms with Crippen LogP contribution in [0.15, 0.2) is 34.4 Å². The number of rotatable bonds is 3. The zero-order valence-electron chi connectivity index (χ0n) is 14.0. The van der Waals surface area contributed by atoms with E-state index in [9.17, 15) is 4.79 Å². The molecule has 0 saturated carbocycles. The van der Waals surface area contributed by atoms with E-state index in [1.807, 2.05) is 52.0 Å². The number of allylic oxidation sites excluding steroid dienone is 1. The summed E-state index contributed by atoms with van der Waals surface area (Å²) in [5.74, 6) is 0.396. The van der Waals surface area contributed by atoms with Gasteiger partial charge in [0.05, 0.1) is 17.5 Å². The molecule has 1 aromatic heterocycles. The molecule has 0 saturated heterocycles. The summed E-state index contributed by atoms with van der Waals surface area (Å²) in [7, 11) is 0. The maximum atomic E-state index is 12.2. The first-order valence-electron chi connectivity index (χ1n) is 7.68. The number of fused-ring (bicyclic) bond motifs is 1. The highest BCUT2D eigenvalue weighted by molar-refractivity contribution is 9.10. The number of hydrazine groups is 1. The number of hydrogen-bond acceptors (Lipinski definition) is 5. The third-order valence-corrected chi connectivity index (χ3v) is 4.25. The monoisotopic (exact) mass is 390 g/mol. The summed E-state index contributed by atoms with van der Waals surface area (Å²) in [6, 6.07) is 8.03. The molecule has 0 aliphatic carbocycles. The van der Waals surface area contributed by atoms with E-state index in [0.29, 0.717) is 11.4 Å². The number of halogens is 1. The summed E-state index contributed by atoms with van der Waals surface area (Å²) in [5, 5.41) is 4.58. The molecule has 0 amide bonds. The second-order valence-corrected chi connectivity index (χ2v) is 6.81. The van der Waals surface area contributed by atoms with Gasteiger partial charge in [-0.15, -0.1) is 0 Å². The van der Waals surface area contributed by atoms with E-state index in [1.54, 1.807) is 4.68 Å². The van der Waals surface area contributed by atoms with Crippen LogP contribution in [0.5, 0.6) is 0 Å². The van der Waals surface area contributed by atoms with Crippen molar-refractivity contribution >= 4 is 33.4 Å². The molecule has 7 heteroatoms. The number of aryl methyl sites for hydroxylation is 1. The Labute approximate surface area is 149 Å². The fourth-order valence-corrected chi connectivity index (χ4v) is 2.90. The Hall–Kier alpha value is -2.28. The Balaban J connectivity index is 2.05. The summed E-state index contributed by atoms with van der Waals surface area (Å²) < 4.78 is 8.02. The van der Waals surface area contributed by atoms with Crippen molar-refractivity contribution in [2.45, 2.75) is 33.8 Å². The lowest BCUT2D eigenvalue weighted by atomic mass is 10.1. The molecule has 0 radical (unpaired) electrons. The number of carbonyl (C=O) groups excluding carboxylic acids is 1. The number of esters is 1. The molecule has 2 heterocycles. The highest BCUT2D eigenvalue weighted by Crippen LogP contribution is 2.35. The number of benzene rings is 1. The largest absolute Gasteiger partial charge is 0.458 e. The Kier molecular flexibility index (Phi) is 4.36. The van der Waals surface area contributed by atoms with Gasteiger partial charge < -0.3 is 4.74 Å². The smallest absolute Gasteiger partial charge is 0.358 e. The molecule has 0 unspecified atom stereocenters. The summed E-state index contributed by atoms with van der Waals surface area (Å²) in [4.78, 5) is 12.2. The van der Waals surface area contributed by atoms with Crippen LogP contribution in [0, 0.1) is 6.92 Å². The predicted octanol–water partition coefficient (Wildman–Crippen LogP) is 3.69. The Morgan fingerprint density at radius 3 is 2.50 bits per heavy atom. The quantitative estimate of drug-likeness (QED) is 0.782. The highest BCUT2D eigenvalue weighted by Gasteiger charge is 2.27. The van der Waals surface area contributed by atoms with E-state index < -0.39 is 5.97 Å². The number of anilines is 1. The van der Waals surface area contributed by atoms with Crippen LogP contribution in [0.4, 0.5) is 5.82 Å². The van der Waals surface area contributed by atoms with Crippen LogP contribution < -0.4 is 10.9 Å². The number of hydrogen-bond donors (Lipinski definition) is 2. The minimum absolute atomic E-state index is 0.182. The zero-order chi connectivity index (χ0) is 17.4. The summed E-state index contributed by atoms with van der Waals surface area (Å²) in [5.41, 5.74) is 10.0. The van der Waals surface area contributed by atoms with Crippen molar-refractivity contribution in [2.24, 2.45) is 0 Å². The van der Waals surface area contributed by atoms with Crippen molar-refractivity contribution in [1.29, 1.82) is 0 Å². The molecule has 1 aliphatic rings. The van der Waals surface area contributed by atoms with Crippen LogP contribution in [0.1, 0.15) is 26.5 Å². The first-order chi connectivity index (χ1) is 11.4. The van der Waals surface area contributed by atoms with Gasteiger partial charge in [0, 0.05) is 10.0 Å². The summed E-state index contributed by atoms with van der Waals surface area (Å²) in [6.07, 6.45) is -0.182. The summed E-state index contributed by atoms with van der Waals surface area (Å²) in [6.45, 7) is 7.42. The van der Waals surface area contributed by atoms with Crippen molar-refractivity contribution in [2.75, 3.05) is 5.43 Å². The van der Waals surface area contributed by atoms with Gasteiger partial charge in [0.15, 0.2) is 11.5 Å². The number of nitrogens with zero attached hydrogens (tertiary/aromatic N) is 2. The molecule has 126 valence electrons. The Bertz CT molecular complexity index is 822. The van der Waals surface area contributed by atoms with Gasteiger partial charge in [-0.25, -0.2) is 9.48 Å².